The maximum Gasteiger partial charge on any atom is 0.314 e. The fraction of sp³-hybridized carbons (Fsp3) is 0.900. The SMILES string of the molecule is CC(C)(C)OC(=O)C1(CO)CCC1. The zero-order chi connectivity index (χ0) is 10.1. The summed E-state index contributed by atoms with van der Waals surface area (Å²) in [6, 6.07) is 0. The van der Waals surface area contributed by atoms with Crippen LogP contribution in [-0.2, 0) is 9.53 Å². The molecule has 0 atom stereocenters. The van der Waals surface area contributed by atoms with Crippen LogP contribution in [0.2, 0.25) is 0 Å². The van der Waals surface area contributed by atoms with E-state index < -0.39 is 11.0 Å². The molecule has 0 radical (unpaired) electrons. The second-order valence-electron chi connectivity index (χ2n) is 4.79. The molecule has 0 aliphatic heterocycles. The van der Waals surface area contributed by atoms with Crippen LogP contribution < -0.4 is 0 Å². The predicted molar refractivity (Wildman–Crippen MR) is 49.2 cm³/mol. The molecule has 13 heavy (non-hydrogen) atoms. The van der Waals surface area contributed by atoms with Crippen LogP contribution in [0.25, 0.3) is 0 Å². The molecular weight excluding hydrogens is 168 g/mol. The quantitative estimate of drug-likeness (QED) is 0.665. The normalized spacial score (nSPS) is 20.6. The van der Waals surface area contributed by atoms with Gasteiger partial charge in [-0.25, -0.2) is 0 Å². The third-order valence-corrected chi connectivity index (χ3v) is 2.45. The number of hydrogen-bond acceptors (Lipinski definition) is 3. The van der Waals surface area contributed by atoms with Crippen molar-refractivity contribution in [2.45, 2.75) is 45.6 Å². The van der Waals surface area contributed by atoms with E-state index >= 15 is 0 Å². The number of esters is 1. The first-order valence-electron chi connectivity index (χ1n) is 4.74. The third kappa shape index (κ3) is 2.21. The van der Waals surface area contributed by atoms with E-state index in [4.69, 9.17) is 9.84 Å². The Morgan fingerprint density at radius 2 is 2.00 bits per heavy atom. The number of ether oxygens (including phenoxy) is 1. The highest BCUT2D eigenvalue weighted by Crippen LogP contribution is 2.42. The number of aliphatic hydroxyl groups excluding tert-OH is 1. The Morgan fingerprint density at radius 1 is 1.46 bits per heavy atom. The van der Waals surface area contributed by atoms with E-state index in [1.807, 2.05) is 20.8 Å². The molecule has 1 aliphatic carbocycles. The highest BCUT2D eigenvalue weighted by molar-refractivity contribution is 5.78. The first-order valence-corrected chi connectivity index (χ1v) is 4.74. The number of aliphatic hydroxyl groups is 1. The van der Waals surface area contributed by atoms with Gasteiger partial charge in [0.25, 0.3) is 0 Å². The van der Waals surface area contributed by atoms with Crippen molar-refractivity contribution < 1.29 is 14.6 Å². The van der Waals surface area contributed by atoms with Crippen molar-refractivity contribution in [1.82, 2.24) is 0 Å². The predicted octanol–water partition coefficient (Wildman–Crippen LogP) is 1.49. The lowest BCUT2D eigenvalue weighted by molar-refractivity contribution is -0.176. The molecule has 1 saturated carbocycles. The van der Waals surface area contributed by atoms with E-state index in [-0.39, 0.29) is 12.6 Å². The highest BCUT2D eigenvalue weighted by atomic mass is 16.6. The van der Waals surface area contributed by atoms with Gasteiger partial charge in [-0.15, -0.1) is 0 Å². The maximum absolute atomic E-state index is 11.6. The number of rotatable bonds is 2. The van der Waals surface area contributed by atoms with Crippen LogP contribution >= 0.6 is 0 Å². The molecule has 0 amide bonds. The lowest BCUT2D eigenvalue weighted by atomic mass is 9.69. The molecule has 0 saturated heterocycles. The Bertz CT molecular complexity index is 193. The minimum Gasteiger partial charge on any atom is -0.459 e. The minimum atomic E-state index is -0.576. The average Bonchev–Trinajstić information content (AvgIpc) is 1.80. The molecule has 76 valence electrons. The topological polar surface area (TPSA) is 46.5 Å². The van der Waals surface area contributed by atoms with E-state index in [9.17, 15) is 4.79 Å². The summed E-state index contributed by atoms with van der Waals surface area (Å²) in [6.07, 6.45) is 2.54. The summed E-state index contributed by atoms with van der Waals surface area (Å²) in [5, 5.41) is 9.10. The van der Waals surface area contributed by atoms with Gasteiger partial charge >= 0.3 is 5.97 Å². The van der Waals surface area contributed by atoms with E-state index in [0.717, 1.165) is 19.3 Å². The summed E-state index contributed by atoms with van der Waals surface area (Å²) < 4.78 is 5.24. The largest absolute Gasteiger partial charge is 0.459 e. The lowest BCUT2D eigenvalue weighted by Gasteiger charge is -2.39. The van der Waals surface area contributed by atoms with Crippen LogP contribution in [0.5, 0.6) is 0 Å². The van der Waals surface area contributed by atoms with Crippen LogP contribution in [0, 0.1) is 5.41 Å². The van der Waals surface area contributed by atoms with Gasteiger partial charge in [0, 0.05) is 0 Å². The summed E-state index contributed by atoms with van der Waals surface area (Å²) in [6.45, 7) is 5.44. The maximum atomic E-state index is 11.6. The zero-order valence-electron chi connectivity index (χ0n) is 8.59. The van der Waals surface area contributed by atoms with Gasteiger partial charge in [-0.3, -0.25) is 4.79 Å². The Balaban J connectivity index is 2.56. The van der Waals surface area contributed by atoms with Crippen LogP contribution in [0.4, 0.5) is 0 Å². The van der Waals surface area contributed by atoms with Crippen LogP contribution in [0.1, 0.15) is 40.0 Å². The van der Waals surface area contributed by atoms with Crippen molar-refractivity contribution in [3.05, 3.63) is 0 Å². The molecule has 3 nitrogen and oxygen atoms in total. The molecule has 1 aliphatic rings. The van der Waals surface area contributed by atoms with Crippen molar-refractivity contribution in [2.24, 2.45) is 5.41 Å². The average molecular weight is 186 g/mol. The van der Waals surface area contributed by atoms with Gasteiger partial charge in [0.2, 0.25) is 0 Å². The summed E-state index contributed by atoms with van der Waals surface area (Å²) in [5.41, 5.74) is -1.03. The summed E-state index contributed by atoms with van der Waals surface area (Å²) in [4.78, 5) is 11.6. The fourth-order valence-corrected chi connectivity index (χ4v) is 1.42. The molecular formula is C10H18O3. The summed E-state index contributed by atoms with van der Waals surface area (Å²) >= 11 is 0. The van der Waals surface area contributed by atoms with Crippen LogP contribution in [0.3, 0.4) is 0 Å². The molecule has 1 fully saturated rings. The first kappa shape index (κ1) is 10.5. The monoisotopic (exact) mass is 186 g/mol. The second-order valence-corrected chi connectivity index (χ2v) is 4.79. The van der Waals surface area contributed by atoms with Gasteiger partial charge in [-0.05, 0) is 33.6 Å². The molecule has 3 heteroatoms. The molecule has 0 heterocycles. The van der Waals surface area contributed by atoms with Crippen molar-refractivity contribution in [1.29, 1.82) is 0 Å². The standard InChI is InChI=1S/C10H18O3/c1-9(2,3)13-8(12)10(7-11)5-4-6-10/h11H,4-7H2,1-3H3. The van der Waals surface area contributed by atoms with Gasteiger partial charge in [0.15, 0.2) is 0 Å². The molecule has 0 unspecified atom stereocenters. The number of carbonyl (C=O) groups excluding carboxylic acids is 1. The van der Waals surface area contributed by atoms with Crippen LogP contribution in [0.15, 0.2) is 0 Å². The van der Waals surface area contributed by atoms with Crippen molar-refractivity contribution in [3.8, 4) is 0 Å². The Labute approximate surface area is 79.1 Å². The van der Waals surface area contributed by atoms with E-state index in [0.29, 0.717) is 0 Å². The Kier molecular flexibility index (Phi) is 2.66. The summed E-state index contributed by atoms with van der Waals surface area (Å²) in [5.74, 6) is -0.242. The molecule has 1 rings (SSSR count). The van der Waals surface area contributed by atoms with E-state index in [2.05, 4.69) is 0 Å². The third-order valence-electron chi connectivity index (χ3n) is 2.45. The van der Waals surface area contributed by atoms with Crippen molar-refractivity contribution in [2.75, 3.05) is 6.61 Å². The number of carbonyl (C=O) groups is 1. The Morgan fingerprint density at radius 3 is 2.23 bits per heavy atom. The van der Waals surface area contributed by atoms with Gasteiger partial charge in [-0.2, -0.15) is 0 Å². The second kappa shape index (κ2) is 3.29. The highest BCUT2D eigenvalue weighted by Gasteiger charge is 2.46. The smallest absolute Gasteiger partial charge is 0.314 e. The van der Waals surface area contributed by atoms with Gasteiger partial charge in [0.1, 0.15) is 5.60 Å². The van der Waals surface area contributed by atoms with Gasteiger partial charge in [0.05, 0.1) is 12.0 Å². The molecule has 0 aromatic carbocycles. The zero-order valence-corrected chi connectivity index (χ0v) is 8.59. The Hall–Kier alpha value is -0.570. The van der Waals surface area contributed by atoms with Gasteiger partial charge < -0.3 is 9.84 Å². The van der Waals surface area contributed by atoms with Gasteiger partial charge in [-0.1, -0.05) is 6.42 Å². The molecule has 1 N–H and O–H groups in total. The molecule has 0 spiro atoms. The number of hydrogen-bond donors (Lipinski definition) is 1. The molecule has 0 bridgehead atoms. The lowest BCUT2D eigenvalue weighted by Crippen LogP contribution is -2.45. The first-order chi connectivity index (χ1) is 5.90. The molecule has 0 aromatic rings. The van der Waals surface area contributed by atoms with E-state index in [1.165, 1.54) is 0 Å². The van der Waals surface area contributed by atoms with Crippen LogP contribution in [-0.4, -0.2) is 23.3 Å². The molecule has 0 aromatic heterocycles. The summed E-state index contributed by atoms with van der Waals surface area (Å²) in [7, 11) is 0. The van der Waals surface area contributed by atoms with Crippen molar-refractivity contribution in [3.63, 3.8) is 0 Å². The van der Waals surface area contributed by atoms with Crippen molar-refractivity contribution >= 4 is 5.97 Å². The fourth-order valence-electron chi connectivity index (χ4n) is 1.42. The minimum absolute atomic E-state index is 0.0814. The van der Waals surface area contributed by atoms with E-state index in [1.54, 1.807) is 0 Å².